The molecule has 0 spiro atoms. The van der Waals surface area contributed by atoms with Crippen LogP contribution in [0.1, 0.15) is 24.3 Å². The predicted molar refractivity (Wildman–Crippen MR) is 61.3 cm³/mol. The van der Waals surface area contributed by atoms with Gasteiger partial charge in [0.15, 0.2) is 0 Å². The lowest BCUT2D eigenvalue weighted by atomic mass is 9.90. The Kier molecular flexibility index (Phi) is 3.32. The Morgan fingerprint density at radius 3 is 2.14 bits per heavy atom. The van der Waals surface area contributed by atoms with E-state index in [0.29, 0.717) is 5.92 Å². The summed E-state index contributed by atoms with van der Waals surface area (Å²) in [6, 6.07) is 5.85. The van der Waals surface area contributed by atoms with Gasteiger partial charge in [0, 0.05) is 10.0 Å². The Labute approximate surface area is 94.4 Å². The van der Waals surface area contributed by atoms with E-state index in [1.807, 2.05) is 12.1 Å². The third-order valence-electron chi connectivity index (χ3n) is 2.70. The zero-order chi connectivity index (χ0) is 9.97. The number of rotatable bonds is 1. The van der Waals surface area contributed by atoms with Gasteiger partial charge in [-0.1, -0.05) is 23.2 Å². The highest BCUT2D eigenvalue weighted by molar-refractivity contribution is 6.34. The van der Waals surface area contributed by atoms with Crippen LogP contribution in [0.2, 0.25) is 10.0 Å². The number of benzene rings is 1. The molecule has 1 aromatic carbocycles. The molecule has 0 radical (unpaired) electrons. The standard InChI is InChI=1S/C11H13Cl2N/c12-10-5-9(6-11(13)7-10)8-1-3-14-4-2-8/h5-8,14H,1-4H2. The molecule has 1 aliphatic rings. The van der Waals surface area contributed by atoms with Crippen LogP contribution in [-0.4, -0.2) is 13.1 Å². The van der Waals surface area contributed by atoms with Crippen LogP contribution >= 0.6 is 23.2 Å². The fourth-order valence-corrected chi connectivity index (χ4v) is 2.51. The molecule has 0 amide bonds. The second kappa shape index (κ2) is 4.52. The maximum atomic E-state index is 5.97. The summed E-state index contributed by atoms with van der Waals surface area (Å²) < 4.78 is 0. The van der Waals surface area contributed by atoms with Gasteiger partial charge in [0.2, 0.25) is 0 Å². The second-order valence-electron chi connectivity index (χ2n) is 3.73. The molecule has 1 aliphatic heterocycles. The fraction of sp³-hybridized carbons (Fsp3) is 0.455. The molecule has 0 saturated carbocycles. The molecule has 0 atom stereocenters. The van der Waals surface area contributed by atoms with Crippen molar-refractivity contribution in [3.05, 3.63) is 33.8 Å². The summed E-state index contributed by atoms with van der Waals surface area (Å²) in [4.78, 5) is 0. The van der Waals surface area contributed by atoms with E-state index in [9.17, 15) is 0 Å². The van der Waals surface area contributed by atoms with Crippen LogP contribution in [0.3, 0.4) is 0 Å². The molecule has 2 rings (SSSR count). The van der Waals surface area contributed by atoms with Gasteiger partial charge in [-0.2, -0.15) is 0 Å². The van der Waals surface area contributed by atoms with Crippen LogP contribution in [-0.2, 0) is 0 Å². The number of hydrogen-bond donors (Lipinski definition) is 1. The molecular weight excluding hydrogens is 217 g/mol. The Balaban J connectivity index is 2.21. The first-order chi connectivity index (χ1) is 6.75. The molecular formula is C11H13Cl2N. The third-order valence-corrected chi connectivity index (χ3v) is 3.13. The van der Waals surface area contributed by atoms with E-state index in [-0.39, 0.29) is 0 Å². The molecule has 14 heavy (non-hydrogen) atoms. The summed E-state index contributed by atoms with van der Waals surface area (Å²) in [6.45, 7) is 2.18. The first-order valence-electron chi connectivity index (χ1n) is 4.92. The van der Waals surface area contributed by atoms with Gasteiger partial charge in [-0.15, -0.1) is 0 Å². The monoisotopic (exact) mass is 229 g/mol. The van der Waals surface area contributed by atoms with Crippen LogP contribution in [0.15, 0.2) is 18.2 Å². The highest BCUT2D eigenvalue weighted by Crippen LogP contribution is 2.29. The van der Waals surface area contributed by atoms with Gasteiger partial charge in [-0.05, 0) is 55.6 Å². The lowest BCUT2D eigenvalue weighted by Crippen LogP contribution is -2.26. The molecule has 0 bridgehead atoms. The van der Waals surface area contributed by atoms with E-state index in [2.05, 4.69) is 5.32 Å². The molecule has 1 aromatic rings. The molecule has 1 saturated heterocycles. The van der Waals surface area contributed by atoms with Crippen molar-refractivity contribution in [2.24, 2.45) is 0 Å². The first kappa shape index (κ1) is 10.3. The van der Waals surface area contributed by atoms with E-state index in [1.54, 1.807) is 6.07 Å². The average Bonchev–Trinajstić information content (AvgIpc) is 2.18. The molecule has 1 nitrogen and oxygen atoms in total. The summed E-state index contributed by atoms with van der Waals surface area (Å²) in [6.07, 6.45) is 2.35. The van der Waals surface area contributed by atoms with Gasteiger partial charge in [-0.25, -0.2) is 0 Å². The maximum absolute atomic E-state index is 5.97. The van der Waals surface area contributed by atoms with Crippen molar-refractivity contribution < 1.29 is 0 Å². The van der Waals surface area contributed by atoms with Gasteiger partial charge < -0.3 is 5.32 Å². The fourth-order valence-electron chi connectivity index (χ4n) is 1.97. The molecule has 0 aliphatic carbocycles. The maximum Gasteiger partial charge on any atom is 0.0423 e. The Hall–Kier alpha value is -0.240. The molecule has 1 fully saturated rings. The van der Waals surface area contributed by atoms with E-state index in [1.165, 1.54) is 18.4 Å². The lowest BCUT2D eigenvalue weighted by Gasteiger charge is -2.23. The SMILES string of the molecule is Clc1cc(Cl)cc(C2CCNCC2)c1. The van der Waals surface area contributed by atoms with Gasteiger partial charge in [0.05, 0.1) is 0 Å². The Bertz CT molecular complexity index is 299. The van der Waals surface area contributed by atoms with E-state index in [0.717, 1.165) is 23.1 Å². The van der Waals surface area contributed by atoms with Crippen molar-refractivity contribution in [3.8, 4) is 0 Å². The lowest BCUT2D eigenvalue weighted by molar-refractivity contribution is 0.460. The summed E-state index contributed by atoms with van der Waals surface area (Å²) in [7, 11) is 0. The van der Waals surface area contributed by atoms with Crippen molar-refractivity contribution in [3.63, 3.8) is 0 Å². The van der Waals surface area contributed by atoms with Gasteiger partial charge >= 0.3 is 0 Å². The topological polar surface area (TPSA) is 12.0 Å². The minimum Gasteiger partial charge on any atom is -0.317 e. The summed E-state index contributed by atoms with van der Waals surface area (Å²) >= 11 is 11.9. The van der Waals surface area contributed by atoms with Gasteiger partial charge in [0.1, 0.15) is 0 Å². The molecule has 0 aromatic heterocycles. The van der Waals surface area contributed by atoms with Crippen LogP contribution < -0.4 is 5.32 Å². The largest absolute Gasteiger partial charge is 0.317 e. The highest BCUT2D eigenvalue weighted by Gasteiger charge is 2.15. The molecule has 1 N–H and O–H groups in total. The highest BCUT2D eigenvalue weighted by atomic mass is 35.5. The minimum atomic E-state index is 0.618. The van der Waals surface area contributed by atoms with Gasteiger partial charge in [-0.3, -0.25) is 0 Å². The summed E-state index contributed by atoms with van der Waals surface area (Å²) in [5.41, 5.74) is 1.28. The van der Waals surface area contributed by atoms with Crippen LogP contribution in [0.25, 0.3) is 0 Å². The minimum absolute atomic E-state index is 0.618. The average molecular weight is 230 g/mol. The predicted octanol–water partition coefficient (Wildman–Crippen LogP) is 3.46. The van der Waals surface area contributed by atoms with Crippen LogP contribution in [0.5, 0.6) is 0 Å². The van der Waals surface area contributed by atoms with Crippen molar-refractivity contribution in [1.29, 1.82) is 0 Å². The van der Waals surface area contributed by atoms with E-state index >= 15 is 0 Å². The van der Waals surface area contributed by atoms with Crippen molar-refractivity contribution >= 4 is 23.2 Å². The first-order valence-corrected chi connectivity index (χ1v) is 5.68. The smallest absolute Gasteiger partial charge is 0.0423 e. The van der Waals surface area contributed by atoms with Crippen LogP contribution in [0.4, 0.5) is 0 Å². The number of nitrogens with one attached hydrogen (secondary N) is 1. The summed E-state index contributed by atoms with van der Waals surface area (Å²) in [5.74, 6) is 0.618. The van der Waals surface area contributed by atoms with Gasteiger partial charge in [0.25, 0.3) is 0 Å². The van der Waals surface area contributed by atoms with Crippen molar-refractivity contribution in [1.82, 2.24) is 5.32 Å². The summed E-state index contributed by atoms with van der Waals surface area (Å²) in [5, 5.41) is 4.83. The van der Waals surface area contributed by atoms with E-state index in [4.69, 9.17) is 23.2 Å². The number of piperidine rings is 1. The Morgan fingerprint density at radius 1 is 1.00 bits per heavy atom. The third kappa shape index (κ3) is 2.41. The second-order valence-corrected chi connectivity index (χ2v) is 4.60. The molecule has 76 valence electrons. The van der Waals surface area contributed by atoms with E-state index < -0.39 is 0 Å². The zero-order valence-electron chi connectivity index (χ0n) is 7.89. The molecule has 1 heterocycles. The Morgan fingerprint density at radius 2 is 1.57 bits per heavy atom. The van der Waals surface area contributed by atoms with Crippen molar-refractivity contribution in [2.75, 3.05) is 13.1 Å². The number of hydrogen-bond acceptors (Lipinski definition) is 1. The quantitative estimate of drug-likeness (QED) is 0.778. The van der Waals surface area contributed by atoms with Crippen LogP contribution in [0, 0.1) is 0 Å². The molecule has 0 unspecified atom stereocenters. The normalized spacial score (nSPS) is 18.4. The molecule has 3 heteroatoms. The zero-order valence-corrected chi connectivity index (χ0v) is 9.41. The van der Waals surface area contributed by atoms with Crippen molar-refractivity contribution in [2.45, 2.75) is 18.8 Å². The number of halogens is 2.